The van der Waals surface area contributed by atoms with E-state index in [0.29, 0.717) is 0 Å². The van der Waals surface area contributed by atoms with E-state index in [9.17, 15) is 0 Å². The maximum Gasteiger partial charge on any atom is 0.160 e. The molecule has 0 aliphatic rings. The van der Waals surface area contributed by atoms with Gasteiger partial charge in [0.2, 0.25) is 0 Å². The van der Waals surface area contributed by atoms with Gasteiger partial charge in [-0.15, -0.1) is 30.6 Å². The van der Waals surface area contributed by atoms with Gasteiger partial charge < -0.3 is 0 Å². The van der Waals surface area contributed by atoms with E-state index in [1.54, 1.807) is 0 Å². The van der Waals surface area contributed by atoms with E-state index in [1.807, 2.05) is 0 Å². The summed E-state index contributed by atoms with van der Waals surface area (Å²) in [6, 6.07) is 0. The van der Waals surface area contributed by atoms with Crippen LogP contribution in [0, 0.1) is 0 Å². The maximum atomic E-state index is 3.36. The highest BCUT2D eigenvalue weighted by Gasteiger charge is 1.62. The zero-order valence-corrected chi connectivity index (χ0v) is 5.89. The summed E-state index contributed by atoms with van der Waals surface area (Å²) in [5.41, 5.74) is 0. The fourth-order valence-electron chi connectivity index (χ4n) is 0.331. The van der Waals surface area contributed by atoms with E-state index in [-0.39, 0.29) is 0 Å². The number of rotatable bonds is 0. The lowest BCUT2D eigenvalue weighted by Crippen LogP contribution is -1.84. The molecule has 0 fully saturated rings. The molecule has 2 aromatic heterocycles. The van der Waals surface area contributed by atoms with E-state index in [2.05, 4.69) is 41.0 Å². The van der Waals surface area contributed by atoms with E-state index in [0.717, 1.165) is 0 Å². The van der Waals surface area contributed by atoms with E-state index < -0.39 is 0 Å². The summed E-state index contributed by atoms with van der Waals surface area (Å²) >= 11 is 0. The number of hydrogen-bond donors (Lipinski definition) is 0. The van der Waals surface area contributed by atoms with Gasteiger partial charge in [0, 0.05) is 0 Å². The van der Waals surface area contributed by atoms with Gasteiger partial charge in [-0.3, -0.25) is 0 Å². The van der Waals surface area contributed by atoms with Crippen molar-refractivity contribution in [3.63, 3.8) is 0 Å². The van der Waals surface area contributed by atoms with E-state index in [1.165, 1.54) is 25.0 Å². The molecule has 0 saturated heterocycles. The van der Waals surface area contributed by atoms with Gasteiger partial charge >= 0.3 is 0 Å². The van der Waals surface area contributed by atoms with Crippen LogP contribution < -0.4 is 0 Å². The van der Waals surface area contributed by atoms with Gasteiger partial charge in [-0.2, -0.15) is 0 Å². The van der Waals surface area contributed by atoms with Gasteiger partial charge in [-0.1, -0.05) is 0 Å². The molecule has 0 atom stereocenters. The average molecular weight is 164 g/mol. The molecule has 0 aliphatic heterocycles. The molecule has 12 heavy (non-hydrogen) atoms. The lowest BCUT2D eigenvalue weighted by Gasteiger charge is -1.68. The average Bonchev–Trinajstić information content (AvgIpc) is 2.24. The number of aromatic nitrogens is 8. The van der Waals surface area contributed by atoms with Crippen LogP contribution in [0.5, 0.6) is 0 Å². The van der Waals surface area contributed by atoms with Gasteiger partial charge in [0.05, 0.1) is 12.4 Å². The Kier molecular flexibility index (Phi) is 3.76. The zero-order chi connectivity index (χ0) is 8.49. The minimum atomic E-state index is 1.28. The first-order valence-electron chi connectivity index (χ1n) is 2.88. The Morgan fingerprint density at radius 1 is 0.500 bits per heavy atom. The summed E-state index contributed by atoms with van der Waals surface area (Å²) < 4.78 is 0. The van der Waals surface area contributed by atoms with Crippen LogP contribution in [-0.4, -0.2) is 41.0 Å². The van der Waals surface area contributed by atoms with Crippen LogP contribution in [0.25, 0.3) is 0 Å². The first-order chi connectivity index (χ1) is 6.00. The Morgan fingerprint density at radius 3 is 1.08 bits per heavy atom. The quantitative estimate of drug-likeness (QED) is 0.465. The fraction of sp³-hybridized carbons (Fsp3) is 0. The standard InChI is InChI=1S/2C2H2N4/c1-3-5-2-6-4-1;1-2-4-6-5-3-1/h2*1-2H. The molecule has 0 bridgehead atoms. The van der Waals surface area contributed by atoms with Crippen molar-refractivity contribution in [1.29, 1.82) is 0 Å². The molecule has 0 aromatic carbocycles. The van der Waals surface area contributed by atoms with Crippen molar-refractivity contribution in [3.05, 3.63) is 25.0 Å². The largest absolute Gasteiger partial charge is 0.160 e. The molecule has 2 aromatic rings. The summed E-state index contributed by atoms with van der Waals surface area (Å²) in [5.74, 6) is 0. The second kappa shape index (κ2) is 5.65. The van der Waals surface area contributed by atoms with Gasteiger partial charge in [-0.05, 0) is 10.4 Å². The molecule has 0 spiro atoms. The van der Waals surface area contributed by atoms with Crippen molar-refractivity contribution in [2.24, 2.45) is 0 Å². The fourth-order valence-corrected chi connectivity index (χ4v) is 0.331. The Bertz CT molecular complexity index is 186. The lowest BCUT2D eigenvalue weighted by molar-refractivity contribution is 0.761. The van der Waals surface area contributed by atoms with Crippen LogP contribution in [0.3, 0.4) is 0 Å². The predicted octanol–water partition coefficient (Wildman–Crippen LogP) is -1.47. The van der Waals surface area contributed by atoms with Crippen molar-refractivity contribution in [2.45, 2.75) is 0 Å². The molecule has 0 aliphatic carbocycles. The zero-order valence-electron chi connectivity index (χ0n) is 5.89. The van der Waals surface area contributed by atoms with Crippen molar-refractivity contribution in [1.82, 2.24) is 41.0 Å². The summed E-state index contributed by atoms with van der Waals surface area (Å²) in [4.78, 5) is 0. The third-order valence-electron chi connectivity index (χ3n) is 0.683. The third-order valence-corrected chi connectivity index (χ3v) is 0.683. The Labute approximate surface area is 67.1 Å². The molecule has 0 unspecified atom stereocenters. The van der Waals surface area contributed by atoms with Gasteiger partial charge in [0.15, 0.2) is 12.7 Å². The van der Waals surface area contributed by atoms with Crippen LogP contribution in [0.4, 0.5) is 0 Å². The number of hydrogen-bond acceptors (Lipinski definition) is 8. The summed E-state index contributed by atoms with van der Waals surface area (Å²) in [5, 5.41) is 26.5. The predicted molar refractivity (Wildman–Crippen MR) is 35.2 cm³/mol. The molecule has 0 saturated carbocycles. The Morgan fingerprint density at radius 2 is 0.917 bits per heavy atom. The summed E-state index contributed by atoms with van der Waals surface area (Å²) in [6.45, 7) is 0. The second-order valence-corrected chi connectivity index (χ2v) is 1.40. The first kappa shape index (κ1) is 7.98. The smallest absolute Gasteiger partial charge is 0.136 e. The highest BCUT2D eigenvalue weighted by molar-refractivity contribution is 4.52. The van der Waals surface area contributed by atoms with Crippen LogP contribution in [0.1, 0.15) is 0 Å². The summed E-state index contributed by atoms with van der Waals surface area (Å²) in [7, 11) is 0. The van der Waals surface area contributed by atoms with Crippen molar-refractivity contribution in [3.8, 4) is 0 Å². The minimum absolute atomic E-state index is 1.28. The van der Waals surface area contributed by atoms with Crippen molar-refractivity contribution in [2.75, 3.05) is 0 Å². The molecule has 2 heterocycles. The van der Waals surface area contributed by atoms with Gasteiger partial charge in [-0.25, -0.2) is 0 Å². The third kappa shape index (κ3) is 3.82. The second-order valence-electron chi connectivity index (χ2n) is 1.40. The Balaban J connectivity index is 0.000000120. The molecular weight excluding hydrogens is 160 g/mol. The lowest BCUT2D eigenvalue weighted by atomic mass is 11.0. The summed E-state index contributed by atoms with van der Waals surface area (Å²) in [6.07, 6.45) is 5.49. The van der Waals surface area contributed by atoms with Crippen LogP contribution in [0.2, 0.25) is 0 Å². The monoisotopic (exact) mass is 164 g/mol. The molecule has 0 amide bonds. The molecule has 8 nitrogen and oxygen atoms in total. The van der Waals surface area contributed by atoms with E-state index >= 15 is 0 Å². The molecule has 0 radical (unpaired) electrons. The van der Waals surface area contributed by atoms with E-state index in [4.69, 9.17) is 0 Å². The molecule has 8 heteroatoms. The van der Waals surface area contributed by atoms with Crippen molar-refractivity contribution >= 4 is 0 Å². The molecule has 0 N–H and O–H groups in total. The van der Waals surface area contributed by atoms with Crippen LogP contribution >= 0.6 is 0 Å². The Hall–Kier alpha value is -2.12. The van der Waals surface area contributed by atoms with Crippen LogP contribution in [0.15, 0.2) is 25.0 Å². The first-order valence-corrected chi connectivity index (χ1v) is 2.88. The van der Waals surface area contributed by atoms with Crippen LogP contribution in [-0.2, 0) is 0 Å². The minimum Gasteiger partial charge on any atom is -0.136 e. The maximum absolute atomic E-state index is 3.36. The normalized spacial score (nSPS) is 8.00. The molecule has 2 rings (SSSR count). The molecular formula is C4H4N8. The SMILES string of the molecule is c1cnnnn1.c1nncnn1. The number of nitrogens with zero attached hydrogens (tertiary/aromatic N) is 8. The van der Waals surface area contributed by atoms with Gasteiger partial charge in [0.1, 0.15) is 0 Å². The highest BCUT2D eigenvalue weighted by atomic mass is 15.4. The van der Waals surface area contributed by atoms with Gasteiger partial charge in [0.25, 0.3) is 0 Å². The topological polar surface area (TPSA) is 103 Å². The van der Waals surface area contributed by atoms with Crippen molar-refractivity contribution < 1.29 is 0 Å². The molecule has 60 valence electrons. The highest BCUT2D eigenvalue weighted by Crippen LogP contribution is 1.53.